The van der Waals surface area contributed by atoms with Crippen molar-refractivity contribution < 1.29 is 18.1 Å². The number of anilines is 1. The van der Waals surface area contributed by atoms with Crippen LogP contribution in [0, 0.1) is 17.0 Å². The molecular weight excluding hydrogens is 484 g/mol. The molecule has 178 valence electrons. The molecule has 34 heavy (non-hydrogen) atoms. The second kappa shape index (κ2) is 9.89. The van der Waals surface area contributed by atoms with Crippen LogP contribution in [0.1, 0.15) is 11.3 Å². The number of nitrogens with zero attached hydrogens (tertiary/aromatic N) is 5. The van der Waals surface area contributed by atoms with E-state index in [1.54, 1.807) is 11.6 Å². The summed E-state index contributed by atoms with van der Waals surface area (Å²) in [5, 5.41) is 20.2. The van der Waals surface area contributed by atoms with Crippen molar-refractivity contribution in [3.8, 4) is 5.69 Å². The maximum absolute atomic E-state index is 13.2. The minimum atomic E-state index is -4.02. The van der Waals surface area contributed by atoms with Gasteiger partial charge in [-0.3, -0.25) is 15.5 Å². The maximum atomic E-state index is 13.2. The van der Waals surface area contributed by atoms with Crippen LogP contribution in [-0.2, 0) is 14.8 Å². The van der Waals surface area contributed by atoms with Crippen LogP contribution in [0.5, 0.6) is 0 Å². The predicted octanol–water partition coefficient (Wildman–Crippen LogP) is 3.21. The highest BCUT2D eigenvalue weighted by molar-refractivity contribution is 7.89. The second-order valence-corrected chi connectivity index (χ2v) is 9.63. The van der Waals surface area contributed by atoms with Gasteiger partial charge in [-0.05, 0) is 25.1 Å². The third kappa shape index (κ3) is 4.80. The monoisotopic (exact) mass is 504 g/mol. The number of aryl methyl sites for hydroxylation is 1. The molecule has 1 saturated heterocycles. The summed E-state index contributed by atoms with van der Waals surface area (Å²) in [6, 6.07) is 12.9. The predicted molar refractivity (Wildman–Crippen MR) is 127 cm³/mol. The van der Waals surface area contributed by atoms with E-state index >= 15 is 0 Å². The summed E-state index contributed by atoms with van der Waals surface area (Å²) in [5.74, 6) is 0. The number of nitro groups is 1. The van der Waals surface area contributed by atoms with E-state index in [-0.39, 0.29) is 42.6 Å². The van der Waals surface area contributed by atoms with Gasteiger partial charge in [0.25, 0.3) is 5.69 Å². The van der Waals surface area contributed by atoms with Gasteiger partial charge in [0.1, 0.15) is 10.0 Å². The van der Waals surface area contributed by atoms with Crippen LogP contribution in [0.25, 0.3) is 5.69 Å². The Balaban J connectivity index is 1.65. The Kier molecular flexibility index (Phi) is 6.93. The fraction of sp³-hybridized carbons (Fsp3) is 0.238. The van der Waals surface area contributed by atoms with Crippen molar-refractivity contribution in [3.05, 3.63) is 75.1 Å². The zero-order valence-corrected chi connectivity index (χ0v) is 19.7. The Morgan fingerprint density at radius 1 is 1.21 bits per heavy atom. The van der Waals surface area contributed by atoms with E-state index in [4.69, 9.17) is 16.3 Å². The molecule has 0 radical (unpaired) electrons. The van der Waals surface area contributed by atoms with Crippen molar-refractivity contribution in [2.75, 3.05) is 31.7 Å². The quantitative estimate of drug-likeness (QED) is 0.297. The maximum Gasteiger partial charge on any atom is 0.270 e. The molecule has 2 heterocycles. The molecular formula is C21H21ClN6O5S. The molecule has 1 aromatic heterocycles. The summed E-state index contributed by atoms with van der Waals surface area (Å²) in [7, 11) is -4.02. The lowest BCUT2D eigenvalue weighted by Crippen LogP contribution is -2.40. The average molecular weight is 505 g/mol. The van der Waals surface area contributed by atoms with E-state index in [1.165, 1.54) is 22.7 Å². The van der Waals surface area contributed by atoms with Gasteiger partial charge in [0.15, 0.2) is 0 Å². The van der Waals surface area contributed by atoms with Crippen LogP contribution < -0.4 is 5.43 Å². The fourth-order valence-electron chi connectivity index (χ4n) is 3.42. The lowest BCUT2D eigenvalue weighted by molar-refractivity contribution is -0.385. The van der Waals surface area contributed by atoms with Gasteiger partial charge >= 0.3 is 0 Å². The van der Waals surface area contributed by atoms with Gasteiger partial charge in [-0.1, -0.05) is 29.8 Å². The van der Waals surface area contributed by atoms with Crippen LogP contribution in [0.4, 0.5) is 11.4 Å². The zero-order chi connectivity index (χ0) is 24.3. The number of rotatable bonds is 7. The number of aromatic nitrogens is 2. The molecule has 11 nitrogen and oxygen atoms in total. The van der Waals surface area contributed by atoms with Gasteiger partial charge in [0.2, 0.25) is 10.0 Å². The van der Waals surface area contributed by atoms with E-state index in [9.17, 15) is 18.5 Å². The van der Waals surface area contributed by atoms with Crippen molar-refractivity contribution in [3.63, 3.8) is 0 Å². The van der Waals surface area contributed by atoms with Crippen molar-refractivity contribution >= 4 is 39.2 Å². The summed E-state index contributed by atoms with van der Waals surface area (Å²) < 4.78 is 34.4. The number of sulfonamides is 1. The van der Waals surface area contributed by atoms with Gasteiger partial charge in [-0.25, -0.2) is 13.1 Å². The number of hydrazone groups is 1. The van der Waals surface area contributed by atoms with Crippen LogP contribution in [0.3, 0.4) is 0 Å². The summed E-state index contributed by atoms with van der Waals surface area (Å²) in [6.07, 6.45) is 1.43. The number of nitrogens with one attached hydrogen (secondary N) is 1. The largest absolute Gasteiger partial charge is 0.379 e. The van der Waals surface area contributed by atoms with Gasteiger partial charge in [-0.2, -0.15) is 14.5 Å². The first-order chi connectivity index (χ1) is 16.3. The highest BCUT2D eigenvalue weighted by Gasteiger charge is 2.30. The topological polar surface area (TPSA) is 132 Å². The highest BCUT2D eigenvalue weighted by atomic mass is 35.5. The van der Waals surface area contributed by atoms with E-state index in [0.717, 1.165) is 11.8 Å². The smallest absolute Gasteiger partial charge is 0.270 e. The zero-order valence-electron chi connectivity index (χ0n) is 18.1. The number of hydrogen-bond acceptors (Lipinski definition) is 8. The fourth-order valence-corrected chi connectivity index (χ4v) is 5.31. The molecule has 0 aliphatic carbocycles. The standard InChI is InChI=1S/C21H21ClN6O5S/c1-15-18(21(22)27(25-15)16-5-3-2-4-6-16)14-23-24-19-8-7-17(28(29)30)13-20(19)34(31,32)26-9-11-33-12-10-26/h2-8,13-14,24H,9-12H2,1H3/b23-14+. The molecule has 1 aliphatic heterocycles. The number of para-hydroxylation sites is 1. The number of nitro benzene ring substituents is 1. The van der Waals surface area contributed by atoms with Crippen molar-refractivity contribution in [2.45, 2.75) is 11.8 Å². The first kappa shape index (κ1) is 23.8. The molecule has 2 aromatic carbocycles. The summed E-state index contributed by atoms with van der Waals surface area (Å²) in [5.41, 5.74) is 4.37. The SMILES string of the molecule is Cc1nn(-c2ccccc2)c(Cl)c1/C=N/Nc1ccc([N+](=O)[O-])cc1S(=O)(=O)N1CCOCC1. The Hall–Kier alpha value is -3.32. The Bertz CT molecular complexity index is 1340. The number of ether oxygens (including phenoxy) is 1. The first-order valence-corrected chi connectivity index (χ1v) is 12.1. The van der Waals surface area contributed by atoms with Crippen molar-refractivity contribution in [2.24, 2.45) is 5.10 Å². The molecule has 1 N–H and O–H groups in total. The van der Waals surface area contributed by atoms with Crippen molar-refractivity contribution in [1.29, 1.82) is 0 Å². The number of benzene rings is 2. The third-order valence-electron chi connectivity index (χ3n) is 5.19. The Labute approximate surface area is 200 Å². The number of halogens is 1. The van der Waals surface area contributed by atoms with Gasteiger partial charge in [0.05, 0.1) is 47.0 Å². The van der Waals surface area contributed by atoms with Gasteiger partial charge in [-0.15, -0.1) is 0 Å². The molecule has 0 saturated carbocycles. The van der Waals surface area contributed by atoms with Crippen LogP contribution in [0.15, 0.2) is 58.5 Å². The molecule has 13 heteroatoms. The van der Waals surface area contributed by atoms with E-state index < -0.39 is 14.9 Å². The van der Waals surface area contributed by atoms with Gasteiger partial charge in [0, 0.05) is 25.2 Å². The van der Waals surface area contributed by atoms with E-state index in [0.29, 0.717) is 16.4 Å². The molecule has 4 rings (SSSR count). The lowest BCUT2D eigenvalue weighted by atomic mass is 10.3. The minimum absolute atomic E-state index is 0.0950. The molecule has 1 fully saturated rings. The second-order valence-electron chi connectivity index (χ2n) is 7.36. The van der Waals surface area contributed by atoms with E-state index in [2.05, 4.69) is 15.6 Å². The van der Waals surface area contributed by atoms with Crippen LogP contribution in [0.2, 0.25) is 5.15 Å². The Morgan fingerprint density at radius 3 is 2.59 bits per heavy atom. The molecule has 0 spiro atoms. The first-order valence-electron chi connectivity index (χ1n) is 10.2. The van der Waals surface area contributed by atoms with Crippen LogP contribution in [-0.4, -0.2) is 59.9 Å². The third-order valence-corrected chi connectivity index (χ3v) is 7.49. The molecule has 0 bridgehead atoms. The normalized spacial score (nSPS) is 15.0. The lowest BCUT2D eigenvalue weighted by Gasteiger charge is -2.26. The summed E-state index contributed by atoms with van der Waals surface area (Å²) in [4.78, 5) is 10.4. The molecule has 0 amide bonds. The van der Waals surface area contributed by atoms with Gasteiger partial charge < -0.3 is 4.74 Å². The molecule has 3 aromatic rings. The van der Waals surface area contributed by atoms with Crippen LogP contribution >= 0.6 is 11.6 Å². The summed E-state index contributed by atoms with van der Waals surface area (Å²) in [6.45, 7) is 2.58. The van der Waals surface area contributed by atoms with E-state index in [1.807, 2.05) is 30.3 Å². The van der Waals surface area contributed by atoms with Crippen molar-refractivity contribution in [1.82, 2.24) is 14.1 Å². The average Bonchev–Trinajstić information content (AvgIpc) is 3.13. The molecule has 0 unspecified atom stereocenters. The Morgan fingerprint density at radius 2 is 1.91 bits per heavy atom. The number of morpholine rings is 1. The molecule has 1 aliphatic rings. The number of hydrogen-bond donors (Lipinski definition) is 1. The number of non-ortho nitro benzene ring substituents is 1. The minimum Gasteiger partial charge on any atom is -0.379 e. The molecule has 0 atom stereocenters. The highest BCUT2D eigenvalue weighted by Crippen LogP contribution is 2.30. The summed E-state index contributed by atoms with van der Waals surface area (Å²) >= 11 is 6.50.